The number of rotatable bonds is 17. The normalized spacial score (nSPS) is 16.9. The molecule has 402 valence electrons. The highest BCUT2D eigenvalue weighted by Gasteiger charge is 2.68. The van der Waals surface area contributed by atoms with E-state index in [9.17, 15) is 61.5 Å². The molecule has 5 N–H and O–H groups in total. The predicted molar refractivity (Wildman–Crippen MR) is 250 cm³/mol. The maximum atomic E-state index is 15.6. The molecule has 2 aliphatic carbocycles. The van der Waals surface area contributed by atoms with Crippen molar-refractivity contribution in [1.29, 1.82) is 0 Å². The van der Waals surface area contributed by atoms with Crippen molar-refractivity contribution in [3.63, 3.8) is 0 Å². The number of likely N-dealkylation sites (N-methyl/N-ethyl adjacent to an activating group) is 1. The van der Waals surface area contributed by atoms with E-state index in [0.29, 0.717) is 17.0 Å². The maximum absolute atomic E-state index is 15.6. The van der Waals surface area contributed by atoms with E-state index in [0.717, 1.165) is 42.5 Å². The zero-order valence-electron chi connectivity index (χ0n) is 39.6. The molecule has 3 atom stereocenters. The minimum Gasteiger partial charge on any atom is -0.370 e. The fourth-order valence-electron chi connectivity index (χ4n) is 8.79. The van der Waals surface area contributed by atoms with Crippen molar-refractivity contribution in [2.75, 3.05) is 37.0 Å². The molecule has 5 aromatic rings. The molecule has 3 heterocycles. The number of hydrogen-bond acceptors (Lipinski definition) is 10. The number of carbonyl (C=O) groups is 2. The fourth-order valence-corrected chi connectivity index (χ4v) is 10.4. The highest BCUT2D eigenvalue weighted by molar-refractivity contribution is 7.93. The number of pyridine rings is 1. The molecule has 30 heteroatoms. The van der Waals surface area contributed by atoms with Crippen LogP contribution in [-0.2, 0) is 62.7 Å². The predicted octanol–water partition coefficient (Wildman–Crippen LogP) is 6.96. The largest absolute Gasteiger partial charge is 0.435 e. The number of guanidine groups is 1. The van der Waals surface area contributed by atoms with Crippen LogP contribution in [0.4, 0.5) is 54.5 Å². The number of aryl methyl sites for hydroxylation is 1. The highest BCUT2D eigenvalue weighted by atomic mass is 35.5. The van der Waals surface area contributed by atoms with Crippen LogP contribution >= 0.6 is 11.6 Å². The van der Waals surface area contributed by atoms with Crippen LogP contribution in [-0.4, -0.2) is 108 Å². The van der Waals surface area contributed by atoms with Crippen LogP contribution < -0.4 is 21.1 Å². The Labute approximate surface area is 420 Å². The van der Waals surface area contributed by atoms with Crippen molar-refractivity contribution in [2.24, 2.45) is 22.4 Å². The maximum Gasteiger partial charge on any atom is 0.435 e. The number of urea groups is 1. The second-order valence-electron chi connectivity index (χ2n) is 18.7. The number of benzene rings is 2. The van der Waals surface area contributed by atoms with E-state index < -0.39 is 143 Å². The Hall–Kier alpha value is -6.23. The second-order valence-corrected chi connectivity index (χ2v) is 23.5. The first-order valence-corrected chi connectivity index (χ1v) is 26.2. The van der Waals surface area contributed by atoms with Gasteiger partial charge in [-0.15, -0.1) is 0 Å². The molecule has 1 unspecified atom stereocenters. The first-order chi connectivity index (χ1) is 34.0. The molecule has 2 aromatic carbocycles. The second kappa shape index (κ2) is 19.5. The van der Waals surface area contributed by atoms with Crippen LogP contribution in [0.2, 0.25) is 5.02 Å². The van der Waals surface area contributed by atoms with Crippen LogP contribution in [0.25, 0.3) is 22.0 Å². The van der Waals surface area contributed by atoms with Gasteiger partial charge in [0.1, 0.15) is 30.4 Å². The molecule has 0 radical (unpaired) electrons. The van der Waals surface area contributed by atoms with Crippen molar-refractivity contribution >= 4 is 66.1 Å². The van der Waals surface area contributed by atoms with Crippen LogP contribution in [0.5, 0.6) is 0 Å². The fraction of sp³-hybridized carbons (Fsp3) is 0.455. The smallest absolute Gasteiger partial charge is 0.370 e. The summed E-state index contributed by atoms with van der Waals surface area (Å²) in [5, 5.41) is 8.84. The van der Waals surface area contributed by atoms with Crippen molar-refractivity contribution in [3.8, 4) is 11.1 Å². The van der Waals surface area contributed by atoms with Crippen molar-refractivity contribution < 1.29 is 70.3 Å². The molecule has 0 saturated heterocycles. The number of hydrogen-bond donors (Lipinski definition) is 3. The monoisotopic (exact) mass is 1110 g/mol. The minimum atomic E-state index is -5.22. The van der Waals surface area contributed by atoms with E-state index in [1.807, 2.05) is 0 Å². The van der Waals surface area contributed by atoms with Crippen LogP contribution in [0.15, 0.2) is 47.5 Å². The third-order valence-corrected chi connectivity index (χ3v) is 16.2. The van der Waals surface area contributed by atoms with Gasteiger partial charge in [0.25, 0.3) is 5.92 Å². The summed E-state index contributed by atoms with van der Waals surface area (Å²) in [4.78, 5) is 37.5. The lowest BCUT2D eigenvalue weighted by Gasteiger charge is -2.25. The van der Waals surface area contributed by atoms with Crippen molar-refractivity contribution in [1.82, 2.24) is 34.8 Å². The number of sulfone groups is 1. The van der Waals surface area contributed by atoms with E-state index in [1.165, 1.54) is 26.0 Å². The average molecular weight is 1110 g/mol. The van der Waals surface area contributed by atoms with Crippen LogP contribution in [0, 0.1) is 17.6 Å². The van der Waals surface area contributed by atoms with Gasteiger partial charge in [-0.25, -0.2) is 30.4 Å². The molecule has 1 saturated carbocycles. The number of sulfonamides is 1. The molecular weight excluding hydrogens is 1070 g/mol. The molecule has 2 aliphatic rings. The van der Waals surface area contributed by atoms with E-state index in [-0.39, 0.29) is 75.4 Å². The molecule has 3 amide bonds. The topological polar surface area (TPSA) is 234 Å². The Kier molecular flexibility index (Phi) is 14.6. The zero-order valence-corrected chi connectivity index (χ0v) is 42.0. The molecule has 17 nitrogen and oxygen atoms in total. The molecule has 0 aliphatic heterocycles. The number of nitrogens with two attached hydrogens (primary N) is 2. The molecule has 7 rings (SSSR count). The van der Waals surface area contributed by atoms with Crippen LogP contribution in [0.1, 0.15) is 72.6 Å². The summed E-state index contributed by atoms with van der Waals surface area (Å²) in [7, 11) is -7.43. The van der Waals surface area contributed by atoms with Gasteiger partial charge in [-0.05, 0) is 75.3 Å². The van der Waals surface area contributed by atoms with Gasteiger partial charge in [-0.2, -0.15) is 49.6 Å². The van der Waals surface area contributed by atoms with E-state index >= 15 is 8.78 Å². The number of amides is 3. The molecule has 3 aromatic heterocycles. The molecule has 74 heavy (non-hydrogen) atoms. The third kappa shape index (κ3) is 11.4. The van der Waals surface area contributed by atoms with Gasteiger partial charge >= 0.3 is 18.4 Å². The summed E-state index contributed by atoms with van der Waals surface area (Å²) in [6, 6.07) is 3.89. The quantitative estimate of drug-likeness (QED) is 0.0489. The van der Waals surface area contributed by atoms with E-state index in [4.69, 9.17) is 28.1 Å². The zero-order chi connectivity index (χ0) is 55.0. The lowest BCUT2D eigenvalue weighted by atomic mass is 9.93. The van der Waals surface area contributed by atoms with Crippen molar-refractivity contribution in [3.05, 3.63) is 93.0 Å². The number of aromatic nitrogens is 5. The number of carbonyl (C=O) groups excluding carboxylic acids is 2. The van der Waals surface area contributed by atoms with Gasteiger partial charge in [0.05, 0.1) is 45.2 Å². The molecular formula is C44H46ClF10N11O6S2. The van der Waals surface area contributed by atoms with Crippen LogP contribution in [0.3, 0.4) is 0 Å². The summed E-state index contributed by atoms with van der Waals surface area (Å²) < 4.78 is 199. The number of halogens is 11. The number of anilines is 1. The average Bonchev–Trinajstić information content (AvgIpc) is 3.76. The molecule has 1 fully saturated rings. The number of nitrogens with one attached hydrogen (secondary N) is 1. The Balaban J connectivity index is 1.46. The highest BCUT2D eigenvalue weighted by Crippen LogP contribution is 2.68. The number of alkyl halides is 8. The Morgan fingerprint density at radius 3 is 2.18 bits per heavy atom. The van der Waals surface area contributed by atoms with Crippen molar-refractivity contribution in [2.45, 2.75) is 87.6 Å². The first-order valence-electron chi connectivity index (χ1n) is 22.1. The molecule has 0 bridgehead atoms. The number of aliphatic imine (C=N–C) groups is 1. The van der Waals surface area contributed by atoms with Gasteiger partial charge in [-0.1, -0.05) is 23.7 Å². The van der Waals surface area contributed by atoms with Gasteiger partial charge in [0, 0.05) is 54.2 Å². The van der Waals surface area contributed by atoms with Gasteiger partial charge < -0.3 is 21.7 Å². The summed E-state index contributed by atoms with van der Waals surface area (Å²) >= 11 is 6.68. The molecule has 0 spiro atoms. The Bertz CT molecular complexity index is 3300. The lowest BCUT2D eigenvalue weighted by Crippen LogP contribution is -2.45. The first kappa shape index (κ1) is 55.5. The summed E-state index contributed by atoms with van der Waals surface area (Å²) in [6.45, 7) is -1.00. The number of nitrogens with zero attached hydrogens (tertiary/aromatic N) is 8. The standard InChI is InChI=1S/C44H46ClF10N11O6S2/c1-41(2,73(4,69)70)11-10-24-6-7-25(26-8-9-29(45)33-35(26)65(20-42(48,49)50)62-38(33)66(74(5,71)72)40(68)63(3)13-12-58-39(56)57)34(59-24)30(16-21-14-22(46)17-23(47)15-21)60-31(67)19-64-37-32(36(61-64)44(53,54)55)27-18-28(27)43(37,51)52/h6-9,14-15,17,27-28,30H,10-13,16,18-20H2,1-5H3,(H,60,67)(H4,56,57,58)/t27-,28?,30-/m0/s1. The Morgan fingerprint density at radius 2 is 1.59 bits per heavy atom. The number of fused-ring (bicyclic) bond motifs is 4. The minimum absolute atomic E-state index is 0.0519. The third-order valence-electron chi connectivity index (χ3n) is 12.7. The van der Waals surface area contributed by atoms with E-state index in [1.54, 1.807) is 0 Å². The summed E-state index contributed by atoms with van der Waals surface area (Å²) in [5.41, 5.74) is 5.50. The van der Waals surface area contributed by atoms with Gasteiger partial charge in [0.15, 0.2) is 27.3 Å². The summed E-state index contributed by atoms with van der Waals surface area (Å²) in [5.74, 6) is -11.4. The SMILES string of the molecule is CN(CCN=C(N)N)C(=O)N(c1nn(CC(F)(F)F)c2c(-c3ccc(CCC(C)(C)S(C)(=O)=O)nc3[C@H](Cc3cc(F)cc(F)c3)NC(=O)Cn3nc(C(F)(F)F)c4c3C(F)(F)C3C[C@H]43)ccc(Cl)c12)S(C)(=O)=O. The lowest BCUT2D eigenvalue weighted by molar-refractivity contribution is -0.143. The van der Waals surface area contributed by atoms with Gasteiger partial charge in [-0.3, -0.25) is 24.1 Å². The summed E-state index contributed by atoms with van der Waals surface area (Å²) in [6.07, 6.45) is -10.0. The van der Waals surface area contributed by atoms with Gasteiger partial charge in [0.2, 0.25) is 15.9 Å². The Morgan fingerprint density at radius 1 is 0.959 bits per heavy atom. The van der Waals surface area contributed by atoms with E-state index in [2.05, 4.69) is 20.5 Å².